The zero-order valence-corrected chi connectivity index (χ0v) is 14.1. The number of rotatable bonds is 4. The molecule has 2 aromatic carbocycles. The smallest absolute Gasteiger partial charge is 0.163 e. The van der Waals surface area contributed by atoms with Crippen LogP contribution in [0.5, 0.6) is 0 Å². The van der Waals surface area contributed by atoms with Crippen molar-refractivity contribution in [3.8, 4) is 11.4 Å². The second kappa shape index (κ2) is 6.87. The first-order valence-electron chi connectivity index (χ1n) is 7.96. The Labute approximate surface area is 150 Å². The number of aromatic nitrogens is 3. The maximum absolute atomic E-state index is 6.25. The summed E-state index contributed by atoms with van der Waals surface area (Å²) in [6.07, 6.45) is 3.50. The largest absolute Gasteiger partial charge is 0.365 e. The molecule has 0 radical (unpaired) electrons. The Kier molecular flexibility index (Phi) is 4.27. The van der Waals surface area contributed by atoms with E-state index in [1.165, 1.54) is 0 Å². The highest BCUT2D eigenvalue weighted by atomic mass is 35.5. The molecule has 0 fully saturated rings. The van der Waals surface area contributed by atoms with Gasteiger partial charge < -0.3 is 5.32 Å². The summed E-state index contributed by atoms with van der Waals surface area (Å²) in [4.78, 5) is 13.5. The zero-order chi connectivity index (χ0) is 17.1. The monoisotopic (exact) mass is 346 g/mol. The van der Waals surface area contributed by atoms with E-state index in [0.717, 1.165) is 32.9 Å². The number of hydrogen-bond donors (Lipinski definition) is 1. The van der Waals surface area contributed by atoms with E-state index in [9.17, 15) is 0 Å². The lowest BCUT2D eigenvalue weighted by molar-refractivity contribution is 1.10. The molecule has 2 heterocycles. The molecule has 0 atom stereocenters. The Balaban J connectivity index is 1.75. The Morgan fingerprint density at radius 1 is 0.880 bits per heavy atom. The molecule has 0 saturated heterocycles. The molecule has 4 nitrogen and oxygen atoms in total. The summed E-state index contributed by atoms with van der Waals surface area (Å²) in [6, 6.07) is 19.6. The zero-order valence-electron chi connectivity index (χ0n) is 13.4. The highest BCUT2D eigenvalue weighted by molar-refractivity contribution is 6.31. The maximum atomic E-state index is 6.25. The van der Waals surface area contributed by atoms with E-state index in [4.69, 9.17) is 16.6 Å². The molecule has 0 aliphatic rings. The summed E-state index contributed by atoms with van der Waals surface area (Å²) in [6.45, 7) is 0.590. The molecule has 4 aromatic rings. The van der Waals surface area contributed by atoms with E-state index < -0.39 is 0 Å². The Morgan fingerprint density at radius 3 is 2.56 bits per heavy atom. The Morgan fingerprint density at radius 2 is 1.72 bits per heavy atom. The second-order valence-electron chi connectivity index (χ2n) is 5.60. The van der Waals surface area contributed by atoms with Crippen LogP contribution in [0.3, 0.4) is 0 Å². The molecule has 0 aliphatic heterocycles. The van der Waals surface area contributed by atoms with Crippen LogP contribution in [0, 0.1) is 0 Å². The standard InChI is InChI=1S/C20H15ClN4/c21-17-9-3-1-6-14(17)13-23-20-16-8-2-4-10-18(16)24-19(25-20)15-7-5-11-22-12-15/h1-12H,13H2,(H,23,24,25). The topological polar surface area (TPSA) is 50.7 Å². The highest BCUT2D eigenvalue weighted by Gasteiger charge is 2.09. The van der Waals surface area contributed by atoms with Crippen molar-refractivity contribution >= 4 is 28.3 Å². The number of nitrogens with zero attached hydrogens (tertiary/aromatic N) is 3. The number of pyridine rings is 1. The fourth-order valence-corrected chi connectivity index (χ4v) is 2.86. The highest BCUT2D eigenvalue weighted by Crippen LogP contribution is 2.25. The minimum absolute atomic E-state index is 0.590. The first kappa shape index (κ1) is 15.5. The summed E-state index contributed by atoms with van der Waals surface area (Å²) in [5, 5.41) is 5.11. The summed E-state index contributed by atoms with van der Waals surface area (Å²) >= 11 is 6.25. The first-order valence-corrected chi connectivity index (χ1v) is 8.33. The van der Waals surface area contributed by atoms with Crippen LogP contribution in [0.1, 0.15) is 5.56 Å². The molecule has 0 aliphatic carbocycles. The number of halogens is 1. The third kappa shape index (κ3) is 3.30. The van der Waals surface area contributed by atoms with Gasteiger partial charge in [-0.05, 0) is 35.9 Å². The van der Waals surface area contributed by atoms with Gasteiger partial charge in [0.05, 0.1) is 5.52 Å². The van der Waals surface area contributed by atoms with Gasteiger partial charge in [-0.3, -0.25) is 4.98 Å². The van der Waals surface area contributed by atoms with Crippen molar-refractivity contribution in [1.82, 2.24) is 15.0 Å². The lowest BCUT2D eigenvalue weighted by Gasteiger charge is -2.11. The summed E-state index contributed by atoms with van der Waals surface area (Å²) in [5.41, 5.74) is 2.79. The van der Waals surface area contributed by atoms with Crippen LogP contribution in [0.15, 0.2) is 73.1 Å². The predicted octanol–water partition coefficient (Wildman–Crippen LogP) is 4.96. The van der Waals surface area contributed by atoms with Crippen LogP contribution in [-0.4, -0.2) is 15.0 Å². The fourth-order valence-electron chi connectivity index (χ4n) is 2.66. The van der Waals surface area contributed by atoms with Crippen molar-refractivity contribution in [1.29, 1.82) is 0 Å². The molecule has 2 aromatic heterocycles. The van der Waals surface area contributed by atoms with Crippen LogP contribution < -0.4 is 5.32 Å². The summed E-state index contributed by atoms with van der Waals surface area (Å²) < 4.78 is 0. The quantitative estimate of drug-likeness (QED) is 0.567. The van der Waals surface area contributed by atoms with Gasteiger partial charge in [0.15, 0.2) is 5.82 Å². The number of para-hydroxylation sites is 1. The van der Waals surface area contributed by atoms with Crippen LogP contribution >= 0.6 is 11.6 Å². The molecule has 122 valence electrons. The molecule has 0 spiro atoms. The molecule has 1 N–H and O–H groups in total. The molecule has 5 heteroatoms. The number of benzene rings is 2. The van der Waals surface area contributed by atoms with Gasteiger partial charge in [0.1, 0.15) is 5.82 Å². The summed E-state index contributed by atoms with van der Waals surface area (Å²) in [7, 11) is 0. The van der Waals surface area contributed by atoms with Gasteiger partial charge in [0.2, 0.25) is 0 Å². The molecule has 0 bridgehead atoms. The van der Waals surface area contributed by atoms with Crippen molar-refractivity contribution in [3.05, 3.63) is 83.6 Å². The van der Waals surface area contributed by atoms with Gasteiger partial charge in [-0.25, -0.2) is 9.97 Å². The van der Waals surface area contributed by atoms with Crippen molar-refractivity contribution in [2.45, 2.75) is 6.54 Å². The average Bonchev–Trinajstić information content (AvgIpc) is 2.67. The van der Waals surface area contributed by atoms with E-state index in [1.54, 1.807) is 12.4 Å². The van der Waals surface area contributed by atoms with Crippen LogP contribution in [0.4, 0.5) is 5.82 Å². The predicted molar refractivity (Wildman–Crippen MR) is 102 cm³/mol. The molecule has 0 saturated carbocycles. The first-order chi connectivity index (χ1) is 12.3. The van der Waals surface area contributed by atoms with E-state index in [1.807, 2.05) is 60.7 Å². The van der Waals surface area contributed by atoms with Gasteiger partial charge in [-0.15, -0.1) is 0 Å². The van der Waals surface area contributed by atoms with Crippen molar-refractivity contribution in [2.75, 3.05) is 5.32 Å². The lowest BCUT2D eigenvalue weighted by Crippen LogP contribution is -2.04. The third-order valence-electron chi connectivity index (χ3n) is 3.93. The molecule has 4 rings (SSSR count). The molecular formula is C20H15ClN4. The number of hydrogen-bond acceptors (Lipinski definition) is 4. The van der Waals surface area contributed by atoms with E-state index in [0.29, 0.717) is 12.4 Å². The third-order valence-corrected chi connectivity index (χ3v) is 4.30. The average molecular weight is 347 g/mol. The van der Waals surface area contributed by atoms with Crippen molar-refractivity contribution in [2.24, 2.45) is 0 Å². The van der Waals surface area contributed by atoms with Crippen molar-refractivity contribution < 1.29 is 0 Å². The van der Waals surface area contributed by atoms with Crippen LogP contribution in [-0.2, 0) is 6.54 Å². The molecule has 25 heavy (non-hydrogen) atoms. The van der Waals surface area contributed by atoms with E-state index in [2.05, 4.69) is 15.3 Å². The SMILES string of the molecule is Clc1ccccc1CNc1nc(-c2cccnc2)nc2ccccc12. The molecule has 0 amide bonds. The van der Waals surface area contributed by atoms with Gasteiger partial charge in [0, 0.05) is 34.9 Å². The number of fused-ring (bicyclic) bond motifs is 1. The maximum Gasteiger partial charge on any atom is 0.163 e. The second-order valence-corrected chi connectivity index (χ2v) is 6.01. The molecule has 0 unspecified atom stereocenters. The normalized spacial score (nSPS) is 10.8. The van der Waals surface area contributed by atoms with Gasteiger partial charge in [0.25, 0.3) is 0 Å². The Hall–Kier alpha value is -2.98. The minimum Gasteiger partial charge on any atom is -0.365 e. The number of nitrogens with one attached hydrogen (secondary N) is 1. The summed E-state index contributed by atoms with van der Waals surface area (Å²) in [5.74, 6) is 1.43. The van der Waals surface area contributed by atoms with E-state index >= 15 is 0 Å². The number of anilines is 1. The van der Waals surface area contributed by atoms with Crippen LogP contribution in [0.25, 0.3) is 22.3 Å². The minimum atomic E-state index is 0.590. The van der Waals surface area contributed by atoms with Crippen molar-refractivity contribution in [3.63, 3.8) is 0 Å². The van der Waals surface area contributed by atoms with Gasteiger partial charge in [-0.1, -0.05) is 41.9 Å². The van der Waals surface area contributed by atoms with Crippen LogP contribution in [0.2, 0.25) is 5.02 Å². The van der Waals surface area contributed by atoms with Gasteiger partial charge >= 0.3 is 0 Å². The van der Waals surface area contributed by atoms with Gasteiger partial charge in [-0.2, -0.15) is 0 Å². The lowest BCUT2D eigenvalue weighted by atomic mass is 10.2. The van der Waals surface area contributed by atoms with E-state index in [-0.39, 0.29) is 0 Å². The molecular weight excluding hydrogens is 332 g/mol. The fraction of sp³-hybridized carbons (Fsp3) is 0.0500. The Bertz CT molecular complexity index is 1020.